The van der Waals surface area contributed by atoms with Crippen LogP contribution in [0.1, 0.15) is 23.5 Å². The summed E-state index contributed by atoms with van der Waals surface area (Å²) in [5, 5.41) is 5.97. The number of hydrogen-bond acceptors (Lipinski definition) is 5. The van der Waals surface area contributed by atoms with E-state index in [1.807, 2.05) is 24.4 Å². The fourth-order valence-corrected chi connectivity index (χ4v) is 3.29. The molecular weight excluding hydrogens is 310 g/mol. The van der Waals surface area contributed by atoms with Gasteiger partial charge >= 0.3 is 6.03 Å². The Labute approximate surface area is 140 Å². The van der Waals surface area contributed by atoms with Crippen LogP contribution in [-0.4, -0.2) is 41.0 Å². The Morgan fingerprint density at radius 3 is 2.91 bits per heavy atom. The molecule has 0 aromatic carbocycles. The molecule has 1 saturated heterocycles. The number of carbonyl (C=O) groups excluding carboxylic acids is 1. The van der Waals surface area contributed by atoms with Gasteiger partial charge in [0.05, 0.1) is 22.9 Å². The van der Waals surface area contributed by atoms with Crippen molar-refractivity contribution >= 4 is 28.9 Å². The lowest BCUT2D eigenvalue weighted by atomic mass is 10.3. The number of rotatable bonds is 4. The number of thiazole rings is 1. The first-order valence-corrected chi connectivity index (χ1v) is 8.64. The van der Waals surface area contributed by atoms with E-state index in [-0.39, 0.29) is 6.03 Å². The average Bonchev–Trinajstić information content (AvgIpc) is 3.19. The smallest absolute Gasteiger partial charge is 0.322 e. The van der Waals surface area contributed by atoms with Crippen LogP contribution in [0.4, 0.5) is 16.3 Å². The van der Waals surface area contributed by atoms with Crippen molar-refractivity contribution in [2.75, 3.05) is 30.4 Å². The van der Waals surface area contributed by atoms with Gasteiger partial charge in [-0.05, 0) is 31.9 Å². The number of nitrogens with zero attached hydrogens (tertiary/aromatic N) is 4. The lowest BCUT2D eigenvalue weighted by Gasteiger charge is -2.22. The zero-order valence-corrected chi connectivity index (χ0v) is 14.3. The van der Waals surface area contributed by atoms with E-state index < -0.39 is 0 Å². The first-order valence-electron chi connectivity index (χ1n) is 7.76. The third-order valence-electron chi connectivity index (χ3n) is 3.85. The molecule has 2 aromatic heterocycles. The van der Waals surface area contributed by atoms with E-state index in [1.54, 1.807) is 29.5 Å². The second-order valence-electron chi connectivity index (χ2n) is 5.71. The Kier molecular flexibility index (Phi) is 4.76. The van der Waals surface area contributed by atoms with E-state index in [0.29, 0.717) is 6.54 Å². The maximum atomic E-state index is 12.4. The molecule has 1 N–H and O–H groups in total. The highest BCUT2D eigenvalue weighted by Gasteiger charge is 2.19. The average molecular weight is 331 g/mol. The highest BCUT2D eigenvalue weighted by atomic mass is 32.1. The van der Waals surface area contributed by atoms with E-state index in [2.05, 4.69) is 20.2 Å². The molecule has 0 radical (unpaired) electrons. The number of nitrogens with one attached hydrogen (secondary N) is 1. The van der Waals surface area contributed by atoms with Gasteiger partial charge in [0.2, 0.25) is 0 Å². The Morgan fingerprint density at radius 2 is 2.22 bits per heavy atom. The summed E-state index contributed by atoms with van der Waals surface area (Å²) < 4.78 is 0. The molecule has 3 rings (SSSR count). The predicted octanol–water partition coefficient (Wildman–Crippen LogP) is 3.11. The van der Waals surface area contributed by atoms with Gasteiger partial charge in [0.25, 0.3) is 0 Å². The summed E-state index contributed by atoms with van der Waals surface area (Å²) in [7, 11) is 1.77. The summed E-state index contributed by atoms with van der Waals surface area (Å²) >= 11 is 1.60. The maximum Gasteiger partial charge on any atom is 0.322 e. The number of carbonyl (C=O) groups is 1. The van der Waals surface area contributed by atoms with Gasteiger partial charge in [-0.25, -0.2) is 14.8 Å². The van der Waals surface area contributed by atoms with Gasteiger partial charge in [-0.15, -0.1) is 11.3 Å². The summed E-state index contributed by atoms with van der Waals surface area (Å²) in [6.45, 7) is 4.45. The van der Waals surface area contributed by atoms with Crippen LogP contribution in [0.15, 0.2) is 23.7 Å². The molecule has 3 heterocycles. The topological polar surface area (TPSA) is 61.4 Å². The third kappa shape index (κ3) is 3.79. The van der Waals surface area contributed by atoms with Gasteiger partial charge in [-0.2, -0.15) is 0 Å². The first-order chi connectivity index (χ1) is 11.1. The minimum atomic E-state index is -0.149. The molecule has 7 heteroatoms. The SMILES string of the molecule is Cc1nc(CN(C)C(=O)Nc2cccnc2N2CCCC2)cs1. The minimum Gasteiger partial charge on any atom is -0.355 e. The first kappa shape index (κ1) is 15.7. The second-order valence-corrected chi connectivity index (χ2v) is 6.78. The van der Waals surface area contributed by atoms with Crippen LogP contribution in [0, 0.1) is 6.92 Å². The highest BCUT2D eigenvalue weighted by Crippen LogP contribution is 2.26. The van der Waals surface area contributed by atoms with Crippen LogP contribution in [0.2, 0.25) is 0 Å². The fraction of sp³-hybridized carbons (Fsp3) is 0.438. The molecule has 122 valence electrons. The van der Waals surface area contributed by atoms with E-state index in [9.17, 15) is 4.79 Å². The molecule has 0 spiro atoms. The molecular formula is C16H21N5OS. The van der Waals surface area contributed by atoms with Crippen molar-refractivity contribution < 1.29 is 4.79 Å². The number of anilines is 2. The number of aryl methyl sites for hydroxylation is 1. The molecule has 0 unspecified atom stereocenters. The summed E-state index contributed by atoms with van der Waals surface area (Å²) in [6, 6.07) is 3.60. The van der Waals surface area contributed by atoms with Gasteiger partial charge in [-0.3, -0.25) is 0 Å². The van der Waals surface area contributed by atoms with E-state index in [0.717, 1.165) is 35.3 Å². The van der Waals surface area contributed by atoms with Gasteiger partial charge in [0.1, 0.15) is 0 Å². The van der Waals surface area contributed by atoms with Crippen molar-refractivity contribution in [1.82, 2.24) is 14.9 Å². The normalized spacial score (nSPS) is 14.1. The van der Waals surface area contributed by atoms with Crippen molar-refractivity contribution in [2.45, 2.75) is 26.3 Å². The van der Waals surface area contributed by atoms with Crippen molar-refractivity contribution in [3.05, 3.63) is 34.4 Å². The Hall–Kier alpha value is -2.15. The van der Waals surface area contributed by atoms with Crippen molar-refractivity contribution in [2.24, 2.45) is 0 Å². The quantitative estimate of drug-likeness (QED) is 0.935. The molecule has 6 nitrogen and oxygen atoms in total. The van der Waals surface area contributed by atoms with Crippen LogP contribution in [0.3, 0.4) is 0 Å². The summed E-state index contributed by atoms with van der Waals surface area (Å²) in [5.41, 5.74) is 1.68. The minimum absolute atomic E-state index is 0.149. The monoisotopic (exact) mass is 331 g/mol. The molecule has 1 aliphatic heterocycles. The zero-order valence-electron chi connectivity index (χ0n) is 13.5. The molecule has 0 atom stereocenters. The van der Waals surface area contributed by atoms with E-state index in [4.69, 9.17) is 0 Å². The van der Waals surface area contributed by atoms with Crippen LogP contribution >= 0.6 is 11.3 Å². The maximum absolute atomic E-state index is 12.4. The molecule has 2 amide bonds. The molecule has 1 aliphatic rings. The van der Waals surface area contributed by atoms with E-state index >= 15 is 0 Å². The largest absolute Gasteiger partial charge is 0.355 e. The van der Waals surface area contributed by atoms with Crippen LogP contribution < -0.4 is 10.2 Å². The lowest BCUT2D eigenvalue weighted by Crippen LogP contribution is -2.32. The number of aromatic nitrogens is 2. The molecule has 0 aliphatic carbocycles. The number of amides is 2. The van der Waals surface area contributed by atoms with Crippen LogP contribution in [-0.2, 0) is 6.54 Å². The molecule has 23 heavy (non-hydrogen) atoms. The number of hydrogen-bond donors (Lipinski definition) is 1. The second kappa shape index (κ2) is 6.95. The van der Waals surface area contributed by atoms with Crippen molar-refractivity contribution in [3.8, 4) is 0 Å². The molecule has 2 aromatic rings. The Bertz CT molecular complexity index is 681. The third-order valence-corrected chi connectivity index (χ3v) is 4.67. The lowest BCUT2D eigenvalue weighted by molar-refractivity contribution is 0.220. The summed E-state index contributed by atoms with van der Waals surface area (Å²) in [5.74, 6) is 0.858. The highest BCUT2D eigenvalue weighted by molar-refractivity contribution is 7.09. The van der Waals surface area contributed by atoms with Gasteiger partial charge < -0.3 is 15.1 Å². The molecule has 0 saturated carbocycles. The fourth-order valence-electron chi connectivity index (χ4n) is 2.68. The van der Waals surface area contributed by atoms with Crippen LogP contribution in [0.25, 0.3) is 0 Å². The number of urea groups is 1. The predicted molar refractivity (Wildman–Crippen MR) is 93.0 cm³/mol. The zero-order chi connectivity index (χ0) is 16.2. The van der Waals surface area contributed by atoms with Crippen molar-refractivity contribution in [3.63, 3.8) is 0 Å². The molecule has 0 bridgehead atoms. The Balaban J connectivity index is 1.67. The van der Waals surface area contributed by atoms with Crippen molar-refractivity contribution in [1.29, 1.82) is 0 Å². The standard InChI is InChI=1S/C16H21N5OS/c1-12-18-13(11-23-12)10-20(2)16(22)19-14-6-5-7-17-15(14)21-8-3-4-9-21/h5-7,11H,3-4,8-10H2,1-2H3,(H,19,22). The van der Waals surface area contributed by atoms with Gasteiger partial charge in [-0.1, -0.05) is 0 Å². The van der Waals surface area contributed by atoms with Gasteiger partial charge in [0.15, 0.2) is 5.82 Å². The van der Waals surface area contributed by atoms with Gasteiger partial charge in [0, 0.05) is 31.7 Å². The van der Waals surface area contributed by atoms with Crippen LogP contribution in [0.5, 0.6) is 0 Å². The number of pyridine rings is 1. The Morgan fingerprint density at radius 1 is 1.43 bits per heavy atom. The summed E-state index contributed by atoms with van der Waals surface area (Å²) in [4.78, 5) is 25.1. The molecule has 1 fully saturated rings. The van der Waals surface area contributed by atoms with E-state index in [1.165, 1.54) is 12.8 Å². The summed E-state index contributed by atoms with van der Waals surface area (Å²) in [6.07, 6.45) is 4.12.